The molecule has 62 valence electrons. The highest BCUT2D eigenvalue weighted by molar-refractivity contribution is 6.62. The van der Waals surface area contributed by atoms with Crippen LogP contribution in [0.1, 0.15) is 13.8 Å². The SMILES string of the molecule is C#CCN(CC(C)C)C(=O)Cl. The van der Waals surface area contributed by atoms with E-state index in [0.29, 0.717) is 19.0 Å². The van der Waals surface area contributed by atoms with Gasteiger partial charge in [-0.15, -0.1) is 6.42 Å². The highest BCUT2D eigenvalue weighted by Crippen LogP contribution is 2.01. The zero-order chi connectivity index (χ0) is 8.85. The van der Waals surface area contributed by atoms with Gasteiger partial charge in [-0.2, -0.15) is 0 Å². The van der Waals surface area contributed by atoms with E-state index in [0.717, 1.165) is 0 Å². The number of carbonyl (C=O) groups is 1. The Hall–Kier alpha value is -0.680. The van der Waals surface area contributed by atoms with E-state index in [9.17, 15) is 4.79 Å². The summed E-state index contributed by atoms with van der Waals surface area (Å²) in [4.78, 5) is 12.1. The molecule has 0 heterocycles. The summed E-state index contributed by atoms with van der Waals surface area (Å²) in [6.07, 6.45) is 5.04. The molecule has 0 aromatic carbocycles. The molecule has 0 rings (SSSR count). The van der Waals surface area contributed by atoms with Crippen molar-refractivity contribution in [2.24, 2.45) is 5.92 Å². The summed E-state index contributed by atoms with van der Waals surface area (Å²) >= 11 is 5.26. The number of carbonyl (C=O) groups excluding carboxylic acids is 1. The Morgan fingerprint density at radius 1 is 1.73 bits per heavy atom. The van der Waals surface area contributed by atoms with Crippen molar-refractivity contribution in [2.45, 2.75) is 13.8 Å². The molecular formula is C8H12ClNO. The van der Waals surface area contributed by atoms with Crippen LogP contribution in [0.25, 0.3) is 0 Å². The molecule has 0 aliphatic carbocycles. The molecule has 3 heteroatoms. The van der Waals surface area contributed by atoms with Gasteiger partial charge in [0.15, 0.2) is 0 Å². The Kier molecular flexibility index (Phi) is 4.72. The van der Waals surface area contributed by atoms with E-state index in [2.05, 4.69) is 5.92 Å². The molecule has 0 aromatic heterocycles. The molecule has 0 aromatic rings. The average molecular weight is 174 g/mol. The first-order valence-electron chi connectivity index (χ1n) is 3.45. The molecule has 0 spiro atoms. The number of rotatable bonds is 3. The molecule has 0 fully saturated rings. The molecule has 0 atom stereocenters. The summed E-state index contributed by atoms with van der Waals surface area (Å²) in [6.45, 7) is 4.92. The fourth-order valence-electron chi connectivity index (χ4n) is 0.749. The lowest BCUT2D eigenvalue weighted by molar-refractivity contribution is 0.221. The van der Waals surface area contributed by atoms with Gasteiger partial charge in [0, 0.05) is 6.54 Å². The molecule has 11 heavy (non-hydrogen) atoms. The molecule has 0 aliphatic rings. The molecule has 0 saturated heterocycles. The van der Waals surface area contributed by atoms with Crippen LogP contribution >= 0.6 is 11.6 Å². The van der Waals surface area contributed by atoms with E-state index in [1.165, 1.54) is 4.90 Å². The lowest BCUT2D eigenvalue weighted by atomic mass is 10.2. The molecule has 1 amide bonds. The summed E-state index contributed by atoms with van der Waals surface area (Å²) in [5.74, 6) is 2.77. The van der Waals surface area contributed by atoms with Crippen LogP contribution in [0, 0.1) is 18.3 Å². The summed E-state index contributed by atoms with van der Waals surface area (Å²) in [5, 5.41) is -0.475. The third kappa shape index (κ3) is 4.69. The third-order valence-corrected chi connectivity index (χ3v) is 1.36. The van der Waals surface area contributed by atoms with Gasteiger partial charge in [-0.3, -0.25) is 4.79 Å². The van der Waals surface area contributed by atoms with E-state index < -0.39 is 5.37 Å². The van der Waals surface area contributed by atoms with E-state index in [1.807, 2.05) is 13.8 Å². The lowest BCUT2D eigenvalue weighted by Gasteiger charge is -2.18. The van der Waals surface area contributed by atoms with Crippen molar-refractivity contribution in [3.63, 3.8) is 0 Å². The van der Waals surface area contributed by atoms with Crippen LogP contribution in [0.2, 0.25) is 0 Å². The summed E-state index contributed by atoms with van der Waals surface area (Å²) in [6, 6.07) is 0. The molecular weight excluding hydrogens is 162 g/mol. The quantitative estimate of drug-likeness (QED) is 0.363. The summed E-state index contributed by atoms with van der Waals surface area (Å²) in [7, 11) is 0. The Labute approximate surface area is 72.5 Å². The van der Waals surface area contributed by atoms with Crippen molar-refractivity contribution >= 4 is 17.0 Å². The van der Waals surface area contributed by atoms with Gasteiger partial charge in [-0.25, -0.2) is 0 Å². The number of halogens is 1. The van der Waals surface area contributed by atoms with Gasteiger partial charge in [-0.05, 0) is 17.5 Å². The van der Waals surface area contributed by atoms with Gasteiger partial charge in [0.1, 0.15) is 0 Å². The van der Waals surface area contributed by atoms with Crippen LogP contribution in [0.15, 0.2) is 0 Å². The third-order valence-electron chi connectivity index (χ3n) is 1.12. The predicted molar refractivity (Wildman–Crippen MR) is 46.5 cm³/mol. The van der Waals surface area contributed by atoms with Gasteiger partial charge in [0.25, 0.3) is 0 Å². The van der Waals surface area contributed by atoms with E-state index in [-0.39, 0.29) is 0 Å². The second kappa shape index (κ2) is 5.03. The minimum Gasteiger partial charge on any atom is -0.318 e. The van der Waals surface area contributed by atoms with Crippen LogP contribution < -0.4 is 0 Å². The van der Waals surface area contributed by atoms with Crippen molar-refractivity contribution in [1.82, 2.24) is 4.90 Å². The summed E-state index contributed by atoms with van der Waals surface area (Å²) in [5.41, 5.74) is 0. The van der Waals surface area contributed by atoms with Crippen LogP contribution in [0.5, 0.6) is 0 Å². The maximum Gasteiger partial charge on any atom is 0.317 e. The first-order valence-corrected chi connectivity index (χ1v) is 3.83. The van der Waals surface area contributed by atoms with Crippen molar-refractivity contribution in [2.75, 3.05) is 13.1 Å². The first-order chi connectivity index (χ1) is 5.07. The predicted octanol–water partition coefficient (Wildman–Crippen LogP) is 1.94. The standard InChI is InChI=1S/C8H12ClNO/c1-4-5-10(8(9)11)6-7(2)3/h1,7H,5-6H2,2-3H3. The second-order valence-electron chi connectivity index (χ2n) is 2.73. The lowest BCUT2D eigenvalue weighted by Crippen LogP contribution is -2.30. The monoisotopic (exact) mass is 173 g/mol. The number of hydrogen-bond acceptors (Lipinski definition) is 1. The Bertz CT molecular complexity index is 171. The maximum absolute atomic E-state index is 10.7. The Morgan fingerprint density at radius 3 is 2.55 bits per heavy atom. The number of hydrogen-bond donors (Lipinski definition) is 0. The van der Waals surface area contributed by atoms with E-state index in [4.69, 9.17) is 18.0 Å². The normalized spacial score (nSPS) is 9.36. The van der Waals surface area contributed by atoms with Crippen molar-refractivity contribution in [3.05, 3.63) is 0 Å². The topological polar surface area (TPSA) is 20.3 Å². The zero-order valence-electron chi connectivity index (χ0n) is 6.80. The minimum atomic E-state index is -0.475. The number of terminal acetylenes is 1. The molecule has 2 nitrogen and oxygen atoms in total. The van der Waals surface area contributed by atoms with Gasteiger partial charge < -0.3 is 4.90 Å². The molecule has 0 bridgehead atoms. The van der Waals surface area contributed by atoms with Gasteiger partial charge in [-0.1, -0.05) is 19.8 Å². The first kappa shape index (κ1) is 10.3. The average Bonchev–Trinajstić information content (AvgIpc) is 1.86. The van der Waals surface area contributed by atoms with E-state index in [1.54, 1.807) is 0 Å². The highest BCUT2D eigenvalue weighted by atomic mass is 35.5. The molecule has 0 radical (unpaired) electrons. The minimum absolute atomic E-state index is 0.292. The van der Waals surface area contributed by atoms with Gasteiger partial charge >= 0.3 is 5.37 Å². The molecule has 0 N–H and O–H groups in total. The Balaban J connectivity index is 3.92. The van der Waals surface area contributed by atoms with Gasteiger partial charge in [0.2, 0.25) is 0 Å². The smallest absolute Gasteiger partial charge is 0.317 e. The van der Waals surface area contributed by atoms with Crippen LogP contribution in [-0.2, 0) is 0 Å². The van der Waals surface area contributed by atoms with Gasteiger partial charge in [0.05, 0.1) is 6.54 Å². The maximum atomic E-state index is 10.7. The fourth-order valence-corrected chi connectivity index (χ4v) is 0.878. The van der Waals surface area contributed by atoms with Crippen molar-refractivity contribution in [1.29, 1.82) is 0 Å². The number of amides is 1. The largest absolute Gasteiger partial charge is 0.318 e. The summed E-state index contributed by atoms with van der Waals surface area (Å²) < 4.78 is 0. The second-order valence-corrected chi connectivity index (χ2v) is 3.05. The number of nitrogens with zero attached hydrogens (tertiary/aromatic N) is 1. The highest BCUT2D eigenvalue weighted by Gasteiger charge is 2.09. The van der Waals surface area contributed by atoms with E-state index >= 15 is 0 Å². The molecule has 0 aliphatic heterocycles. The van der Waals surface area contributed by atoms with Crippen LogP contribution in [0.4, 0.5) is 4.79 Å². The van der Waals surface area contributed by atoms with Crippen molar-refractivity contribution in [3.8, 4) is 12.3 Å². The van der Waals surface area contributed by atoms with Crippen LogP contribution in [-0.4, -0.2) is 23.4 Å². The molecule has 0 saturated carbocycles. The Morgan fingerprint density at radius 2 is 2.27 bits per heavy atom. The molecule has 0 unspecified atom stereocenters. The fraction of sp³-hybridized carbons (Fsp3) is 0.625. The van der Waals surface area contributed by atoms with Crippen LogP contribution in [0.3, 0.4) is 0 Å². The zero-order valence-corrected chi connectivity index (χ0v) is 7.56. The van der Waals surface area contributed by atoms with Crippen molar-refractivity contribution < 1.29 is 4.79 Å².